The van der Waals surface area contributed by atoms with Crippen molar-refractivity contribution in [3.63, 3.8) is 0 Å². The van der Waals surface area contributed by atoms with Gasteiger partial charge in [-0.05, 0) is 38.8 Å². The van der Waals surface area contributed by atoms with E-state index in [9.17, 15) is 27.9 Å². The van der Waals surface area contributed by atoms with Crippen LogP contribution in [0.5, 0.6) is 0 Å². The highest BCUT2D eigenvalue weighted by Gasteiger charge is 2.37. The van der Waals surface area contributed by atoms with E-state index < -0.39 is 41.4 Å². The number of nitrogens with one attached hydrogen (secondary N) is 1. The van der Waals surface area contributed by atoms with E-state index in [4.69, 9.17) is 4.74 Å². The van der Waals surface area contributed by atoms with Crippen LogP contribution in [0.15, 0.2) is 24.3 Å². The van der Waals surface area contributed by atoms with Crippen molar-refractivity contribution in [3.05, 3.63) is 35.4 Å². The molecule has 6 nitrogen and oxygen atoms in total. The Morgan fingerprint density at radius 3 is 2.54 bits per heavy atom. The van der Waals surface area contributed by atoms with Crippen molar-refractivity contribution in [2.75, 3.05) is 13.1 Å². The van der Waals surface area contributed by atoms with Crippen LogP contribution >= 0.6 is 0 Å². The van der Waals surface area contributed by atoms with Crippen molar-refractivity contribution in [2.24, 2.45) is 5.92 Å². The zero-order valence-electron chi connectivity index (χ0n) is 16.0. The smallest absolute Gasteiger partial charge is 0.416 e. The van der Waals surface area contributed by atoms with E-state index in [2.05, 4.69) is 5.32 Å². The number of carboxylic acid groups (broad SMARTS) is 1. The van der Waals surface area contributed by atoms with E-state index in [1.807, 2.05) is 0 Å². The second-order valence-corrected chi connectivity index (χ2v) is 7.85. The summed E-state index contributed by atoms with van der Waals surface area (Å²) in [5.41, 5.74) is -1.02. The lowest BCUT2D eigenvalue weighted by Gasteiger charge is -2.37. The first kappa shape index (κ1) is 22.0. The van der Waals surface area contributed by atoms with Gasteiger partial charge in [0.1, 0.15) is 5.60 Å². The van der Waals surface area contributed by atoms with Gasteiger partial charge < -0.3 is 20.1 Å². The molecule has 0 aliphatic carbocycles. The van der Waals surface area contributed by atoms with Gasteiger partial charge in [-0.1, -0.05) is 18.2 Å². The fraction of sp³-hybridized carbons (Fsp3) is 0.579. The van der Waals surface area contributed by atoms with E-state index in [1.165, 1.54) is 11.0 Å². The maximum absolute atomic E-state index is 12.8. The summed E-state index contributed by atoms with van der Waals surface area (Å²) in [7, 11) is 0. The fourth-order valence-corrected chi connectivity index (χ4v) is 3.05. The molecule has 0 aromatic heterocycles. The molecule has 0 saturated carbocycles. The summed E-state index contributed by atoms with van der Waals surface area (Å²) in [4.78, 5) is 25.2. The summed E-state index contributed by atoms with van der Waals surface area (Å²) < 4.78 is 43.7. The average molecular weight is 402 g/mol. The SMILES string of the molecule is CC(C)(C)OC(=O)N1CC[C@H](NCc2cccc(C(F)(F)F)c2)[C@H](C(=O)O)C1. The van der Waals surface area contributed by atoms with Gasteiger partial charge in [0, 0.05) is 25.7 Å². The quantitative estimate of drug-likeness (QED) is 0.806. The van der Waals surface area contributed by atoms with Crippen LogP contribution in [0.4, 0.5) is 18.0 Å². The number of nitrogens with zero attached hydrogens (tertiary/aromatic N) is 1. The number of benzene rings is 1. The van der Waals surface area contributed by atoms with E-state index in [0.717, 1.165) is 12.1 Å². The van der Waals surface area contributed by atoms with Gasteiger partial charge in [-0.15, -0.1) is 0 Å². The Labute approximate surface area is 161 Å². The number of halogens is 3. The number of carbonyl (C=O) groups is 2. The number of ether oxygens (including phenoxy) is 1. The van der Waals surface area contributed by atoms with Crippen molar-refractivity contribution < 1.29 is 32.6 Å². The molecule has 1 saturated heterocycles. The molecular weight excluding hydrogens is 377 g/mol. The van der Waals surface area contributed by atoms with E-state index >= 15 is 0 Å². The predicted molar refractivity (Wildman–Crippen MR) is 95.6 cm³/mol. The number of amides is 1. The molecule has 0 radical (unpaired) electrons. The molecule has 2 N–H and O–H groups in total. The normalized spacial score (nSPS) is 20.7. The first-order valence-corrected chi connectivity index (χ1v) is 8.97. The van der Waals surface area contributed by atoms with E-state index in [0.29, 0.717) is 18.5 Å². The minimum atomic E-state index is -4.43. The Balaban J connectivity index is 2.01. The number of likely N-dealkylation sites (tertiary alicyclic amines) is 1. The molecule has 1 heterocycles. The van der Waals surface area contributed by atoms with Crippen molar-refractivity contribution in [1.82, 2.24) is 10.2 Å². The second kappa shape index (κ2) is 8.38. The molecular formula is C19H25F3N2O4. The number of alkyl halides is 3. The van der Waals surface area contributed by atoms with Crippen LogP contribution in [0.25, 0.3) is 0 Å². The van der Waals surface area contributed by atoms with Gasteiger partial charge in [0.05, 0.1) is 11.5 Å². The van der Waals surface area contributed by atoms with Gasteiger partial charge in [-0.2, -0.15) is 13.2 Å². The van der Waals surface area contributed by atoms with Gasteiger partial charge in [-0.25, -0.2) is 4.79 Å². The Kier molecular flexibility index (Phi) is 6.59. The highest BCUT2D eigenvalue weighted by Crippen LogP contribution is 2.29. The molecule has 1 aliphatic rings. The Morgan fingerprint density at radius 1 is 1.29 bits per heavy atom. The zero-order valence-corrected chi connectivity index (χ0v) is 16.0. The first-order valence-electron chi connectivity index (χ1n) is 8.97. The maximum Gasteiger partial charge on any atom is 0.416 e. The van der Waals surface area contributed by atoms with Crippen LogP contribution in [-0.2, 0) is 22.3 Å². The number of aliphatic carboxylic acids is 1. The fourth-order valence-electron chi connectivity index (χ4n) is 3.05. The molecule has 1 fully saturated rings. The molecule has 1 aromatic rings. The number of hydrogen-bond acceptors (Lipinski definition) is 4. The van der Waals surface area contributed by atoms with Crippen molar-refractivity contribution >= 4 is 12.1 Å². The Bertz CT molecular complexity index is 716. The highest BCUT2D eigenvalue weighted by atomic mass is 19.4. The summed E-state index contributed by atoms with van der Waals surface area (Å²) in [6, 6.07) is 4.43. The third-order valence-corrected chi connectivity index (χ3v) is 4.40. The number of carbonyl (C=O) groups excluding carboxylic acids is 1. The molecule has 2 rings (SSSR count). The summed E-state index contributed by atoms with van der Waals surface area (Å²) in [6.07, 6.45) is -4.65. The third kappa shape index (κ3) is 6.12. The van der Waals surface area contributed by atoms with Gasteiger partial charge in [-0.3, -0.25) is 4.79 Å². The summed E-state index contributed by atoms with van der Waals surface area (Å²) in [5.74, 6) is -1.96. The first-order chi connectivity index (χ1) is 12.9. The lowest BCUT2D eigenvalue weighted by molar-refractivity contribution is -0.144. The number of rotatable bonds is 4. The topological polar surface area (TPSA) is 78.9 Å². The lowest BCUT2D eigenvalue weighted by Crippen LogP contribution is -2.54. The maximum atomic E-state index is 12.8. The van der Waals surface area contributed by atoms with Gasteiger partial charge in [0.25, 0.3) is 0 Å². The van der Waals surface area contributed by atoms with E-state index in [1.54, 1.807) is 26.8 Å². The van der Waals surface area contributed by atoms with Crippen LogP contribution < -0.4 is 5.32 Å². The predicted octanol–water partition coefficient (Wildman–Crippen LogP) is 3.51. The molecule has 1 aromatic carbocycles. The summed E-state index contributed by atoms with van der Waals surface area (Å²) >= 11 is 0. The van der Waals surface area contributed by atoms with Crippen LogP contribution in [0, 0.1) is 5.92 Å². The second-order valence-electron chi connectivity index (χ2n) is 7.85. The molecule has 156 valence electrons. The summed E-state index contributed by atoms with van der Waals surface area (Å²) in [6.45, 7) is 5.56. The van der Waals surface area contributed by atoms with Gasteiger partial charge in [0.15, 0.2) is 0 Å². The van der Waals surface area contributed by atoms with Crippen LogP contribution in [-0.4, -0.2) is 46.8 Å². The standard InChI is InChI=1S/C19H25F3N2O4/c1-18(2,3)28-17(27)24-8-7-15(14(11-24)16(25)26)23-10-12-5-4-6-13(9-12)19(20,21)22/h4-6,9,14-15,23H,7-8,10-11H2,1-3H3,(H,25,26)/t14-,15+/m1/s1. The van der Waals surface area contributed by atoms with Crippen LogP contribution in [0.1, 0.15) is 38.3 Å². The average Bonchev–Trinajstić information content (AvgIpc) is 2.57. The summed E-state index contributed by atoms with van der Waals surface area (Å²) in [5, 5.41) is 12.5. The third-order valence-electron chi connectivity index (χ3n) is 4.40. The zero-order chi connectivity index (χ0) is 21.1. The number of piperidine rings is 1. The minimum Gasteiger partial charge on any atom is -0.481 e. The van der Waals surface area contributed by atoms with Crippen LogP contribution in [0.3, 0.4) is 0 Å². The lowest BCUT2D eigenvalue weighted by atomic mass is 9.92. The van der Waals surface area contributed by atoms with Gasteiger partial charge >= 0.3 is 18.2 Å². The molecule has 2 atom stereocenters. The highest BCUT2D eigenvalue weighted by molar-refractivity contribution is 5.74. The molecule has 28 heavy (non-hydrogen) atoms. The monoisotopic (exact) mass is 402 g/mol. The van der Waals surface area contributed by atoms with Crippen molar-refractivity contribution in [1.29, 1.82) is 0 Å². The Hall–Kier alpha value is -2.29. The van der Waals surface area contributed by atoms with Gasteiger partial charge in [0.2, 0.25) is 0 Å². The number of carboxylic acids is 1. The molecule has 1 aliphatic heterocycles. The van der Waals surface area contributed by atoms with Crippen molar-refractivity contribution in [2.45, 2.75) is 51.6 Å². The van der Waals surface area contributed by atoms with E-state index in [-0.39, 0.29) is 13.1 Å². The minimum absolute atomic E-state index is 0.0233. The molecule has 0 unspecified atom stereocenters. The largest absolute Gasteiger partial charge is 0.481 e. The molecule has 1 amide bonds. The molecule has 0 bridgehead atoms. The molecule has 9 heteroatoms. The Morgan fingerprint density at radius 2 is 1.96 bits per heavy atom. The molecule has 0 spiro atoms. The van der Waals surface area contributed by atoms with Crippen molar-refractivity contribution in [3.8, 4) is 0 Å². The number of hydrogen-bond donors (Lipinski definition) is 2. The van der Waals surface area contributed by atoms with Crippen LogP contribution in [0.2, 0.25) is 0 Å².